The first-order chi connectivity index (χ1) is 13.6. The molecule has 0 radical (unpaired) electrons. The van der Waals surface area contributed by atoms with Crippen molar-refractivity contribution >= 4 is 0 Å². The van der Waals surface area contributed by atoms with Gasteiger partial charge in [-0.25, -0.2) is 22.0 Å². The van der Waals surface area contributed by atoms with Gasteiger partial charge in [-0.1, -0.05) is 6.92 Å². The topological polar surface area (TPSA) is 12.5 Å². The van der Waals surface area contributed by atoms with Gasteiger partial charge in [0.25, 0.3) is 12.1 Å². The summed E-state index contributed by atoms with van der Waals surface area (Å²) in [7, 11) is 0. The molecule has 0 saturated heterocycles. The number of alkyl halides is 14. The van der Waals surface area contributed by atoms with Gasteiger partial charge in [0.15, 0.2) is 6.04 Å². The van der Waals surface area contributed by atoms with Crippen molar-refractivity contribution in [2.45, 2.75) is 68.8 Å². The van der Waals surface area contributed by atoms with Gasteiger partial charge < -0.3 is 4.74 Å². The molecule has 16 heteroatoms. The van der Waals surface area contributed by atoms with Crippen LogP contribution in [-0.4, -0.2) is 73.8 Å². The smallest absolute Gasteiger partial charge is 0.369 e. The highest BCUT2D eigenvalue weighted by molar-refractivity contribution is 4.92. The maximum absolute atomic E-state index is 14.2. The summed E-state index contributed by atoms with van der Waals surface area (Å²) in [6.45, 7) is -5.69. The summed E-state index contributed by atoms with van der Waals surface area (Å²) in [5.41, 5.74) is 0. The van der Waals surface area contributed by atoms with Gasteiger partial charge in [0.1, 0.15) is 13.2 Å². The van der Waals surface area contributed by atoms with Crippen LogP contribution in [0.5, 0.6) is 0 Å². The van der Waals surface area contributed by atoms with E-state index in [9.17, 15) is 61.5 Å². The minimum atomic E-state index is -6.08. The second kappa shape index (κ2) is 10.7. The van der Waals surface area contributed by atoms with Crippen molar-refractivity contribution in [1.82, 2.24) is 4.90 Å². The summed E-state index contributed by atoms with van der Waals surface area (Å²) in [5, 5.41) is 0. The highest BCUT2D eigenvalue weighted by Gasteiger charge is 2.60. The van der Waals surface area contributed by atoms with Crippen LogP contribution >= 0.6 is 0 Å². The largest absolute Gasteiger partial charge is 0.425 e. The molecule has 0 bridgehead atoms. The number of hydrogen-bond donors (Lipinski definition) is 0. The molecule has 0 spiro atoms. The third kappa shape index (κ3) is 10.4. The molecule has 0 N–H and O–H groups in total. The van der Waals surface area contributed by atoms with Crippen LogP contribution < -0.4 is 0 Å². The molecule has 0 aliphatic rings. The van der Waals surface area contributed by atoms with Crippen molar-refractivity contribution < 1.29 is 66.2 Å². The van der Waals surface area contributed by atoms with Crippen molar-refractivity contribution in [2.24, 2.45) is 0 Å². The molecule has 0 aromatic heterocycles. The van der Waals surface area contributed by atoms with E-state index in [0.717, 1.165) is 0 Å². The van der Waals surface area contributed by atoms with E-state index in [1.165, 1.54) is 6.92 Å². The fraction of sp³-hybridized carbons (Fsp3) is 1.00. The average Bonchev–Trinajstić information content (AvgIpc) is 2.50. The standard InChI is InChI=1S/C15H19F14NO/c1-2-5-30(6-3-4-13(21,22)23)10(15(27,28)29)12(19,20)8-31-7-11(17,18)9(16)14(24,25)26/h9-10H,2-8H2,1H3. The highest BCUT2D eigenvalue weighted by atomic mass is 19.4. The van der Waals surface area contributed by atoms with E-state index < -0.39 is 81.7 Å². The van der Waals surface area contributed by atoms with Crippen LogP contribution in [0.25, 0.3) is 0 Å². The van der Waals surface area contributed by atoms with Crippen molar-refractivity contribution in [3.05, 3.63) is 0 Å². The van der Waals surface area contributed by atoms with Crippen LogP contribution in [0.1, 0.15) is 26.2 Å². The molecule has 2 unspecified atom stereocenters. The van der Waals surface area contributed by atoms with Gasteiger partial charge in [-0.15, -0.1) is 0 Å². The first-order valence-electron chi connectivity index (χ1n) is 8.57. The fourth-order valence-corrected chi connectivity index (χ4v) is 2.57. The quantitative estimate of drug-likeness (QED) is 0.301. The zero-order valence-corrected chi connectivity index (χ0v) is 15.8. The number of rotatable bonds is 12. The van der Waals surface area contributed by atoms with E-state index in [1.54, 1.807) is 0 Å². The summed E-state index contributed by atoms with van der Waals surface area (Å²) in [6, 6.07) is -3.77. The van der Waals surface area contributed by atoms with E-state index in [1.807, 2.05) is 0 Å². The lowest BCUT2D eigenvalue weighted by Gasteiger charge is -2.37. The third-order valence-electron chi connectivity index (χ3n) is 3.74. The second-order valence-electron chi connectivity index (χ2n) is 6.62. The SMILES string of the molecule is CCCN(CCCC(F)(F)F)C(C(F)(F)F)C(F)(F)COCC(F)(F)C(F)C(F)(F)F. The summed E-state index contributed by atoms with van der Waals surface area (Å²) in [5.74, 6) is -10.4. The minimum Gasteiger partial charge on any atom is -0.369 e. The molecule has 31 heavy (non-hydrogen) atoms. The Morgan fingerprint density at radius 1 is 0.710 bits per heavy atom. The lowest BCUT2D eigenvalue weighted by Crippen LogP contribution is -2.59. The predicted molar refractivity (Wildman–Crippen MR) is 78.7 cm³/mol. The van der Waals surface area contributed by atoms with Crippen molar-refractivity contribution in [1.29, 1.82) is 0 Å². The number of ether oxygens (including phenoxy) is 1. The summed E-state index contributed by atoms with van der Waals surface area (Å²) in [6.07, 6.45) is -24.2. The van der Waals surface area contributed by atoms with Crippen LogP contribution in [0.2, 0.25) is 0 Å². The monoisotopic (exact) mass is 495 g/mol. The van der Waals surface area contributed by atoms with E-state index in [0.29, 0.717) is 0 Å². The Balaban J connectivity index is 5.40. The molecular weight excluding hydrogens is 476 g/mol. The zero-order chi connectivity index (χ0) is 24.9. The van der Waals surface area contributed by atoms with Gasteiger partial charge in [0.2, 0.25) is 0 Å². The average molecular weight is 495 g/mol. The Bertz CT molecular complexity index is 527. The molecule has 2 atom stereocenters. The Kier molecular flexibility index (Phi) is 10.3. The zero-order valence-electron chi connectivity index (χ0n) is 15.8. The van der Waals surface area contributed by atoms with Crippen LogP contribution in [0, 0.1) is 0 Å². The molecule has 0 aromatic rings. The number of hydrogen-bond acceptors (Lipinski definition) is 2. The van der Waals surface area contributed by atoms with Crippen molar-refractivity contribution in [2.75, 3.05) is 26.3 Å². The lowest BCUT2D eigenvalue weighted by molar-refractivity contribution is -0.274. The summed E-state index contributed by atoms with van der Waals surface area (Å²) >= 11 is 0. The number of halogens is 14. The maximum Gasteiger partial charge on any atom is 0.425 e. The van der Waals surface area contributed by atoms with E-state index in [2.05, 4.69) is 4.74 Å². The van der Waals surface area contributed by atoms with Gasteiger partial charge >= 0.3 is 24.5 Å². The Labute approximate surface area is 167 Å². The van der Waals surface area contributed by atoms with Gasteiger partial charge in [-0.05, 0) is 25.9 Å². The van der Waals surface area contributed by atoms with E-state index in [4.69, 9.17) is 0 Å². The molecule has 2 nitrogen and oxygen atoms in total. The molecule has 0 saturated carbocycles. The molecular formula is C15H19F14NO. The maximum atomic E-state index is 14.2. The predicted octanol–water partition coefficient (Wildman–Crippen LogP) is 6.16. The van der Waals surface area contributed by atoms with Gasteiger partial charge in [0, 0.05) is 6.42 Å². The minimum absolute atomic E-state index is 0.0408. The van der Waals surface area contributed by atoms with Crippen LogP contribution in [0.15, 0.2) is 0 Å². The molecule has 0 heterocycles. The molecule has 0 aliphatic heterocycles. The molecule has 0 amide bonds. The second-order valence-corrected chi connectivity index (χ2v) is 6.62. The lowest BCUT2D eigenvalue weighted by atomic mass is 10.1. The Hall–Kier alpha value is -1.06. The summed E-state index contributed by atoms with van der Waals surface area (Å²) in [4.78, 5) is -0.0408. The van der Waals surface area contributed by atoms with Gasteiger partial charge in [0.05, 0.1) is 0 Å². The van der Waals surface area contributed by atoms with E-state index in [-0.39, 0.29) is 11.3 Å². The number of nitrogens with zero attached hydrogens (tertiary/aromatic N) is 1. The van der Waals surface area contributed by atoms with Gasteiger partial charge in [-0.3, -0.25) is 4.90 Å². The normalized spacial score (nSPS) is 16.6. The van der Waals surface area contributed by atoms with Crippen LogP contribution in [0.3, 0.4) is 0 Å². The van der Waals surface area contributed by atoms with Crippen molar-refractivity contribution in [3.8, 4) is 0 Å². The molecule has 0 fully saturated rings. The molecule has 0 rings (SSSR count). The Morgan fingerprint density at radius 3 is 1.58 bits per heavy atom. The third-order valence-corrected chi connectivity index (χ3v) is 3.74. The van der Waals surface area contributed by atoms with Crippen LogP contribution in [-0.2, 0) is 4.74 Å². The van der Waals surface area contributed by atoms with Crippen molar-refractivity contribution in [3.63, 3.8) is 0 Å². The highest BCUT2D eigenvalue weighted by Crippen LogP contribution is 2.39. The molecule has 0 aromatic carbocycles. The Morgan fingerprint density at radius 2 is 1.19 bits per heavy atom. The first kappa shape index (κ1) is 29.9. The van der Waals surface area contributed by atoms with E-state index >= 15 is 0 Å². The first-order valence-corrected chi connectivity index (χ1v) is 8.57. The molecule has 188 valence electrons. The van der Waals surface area contributed by atoms with Crippen LogP contribution in [0.4, 0.5) is 61.5 Å². The summed E-state index contributed by atoms with van der Waals surface area (Å²) < 4.78 is 183. The molecule has 0 aliphatic carbocycles. The van der Waals surface area contributed by atoms with Gasteiger partial charge in [-0.2, -0.15) is 39.5 Å². The fourth-order valence-electron chi connectivity index (χ4n) is 2.57.